The molecule has 10 heteroatoms. The number of nitrogens with zero attached hydrogens (tertiary/aromatic N) is 1. The van der Waals surface area contributed by atoms with Crippen molar-refractivity contribution in [3.63, 3.8) is 0 Å². The number of carboxylic acid groups (broad SMARTS) is 1. The summed E-state index contributed by atoms with van der Waals surface area (Å²) in [6.45, 7) is -0.0364. The van der Waals surface area contributed by atoms with E-state index in [0.717, 1.165) is 33.5 Å². The summed E-state index contributed by atoms with van der Waals surface area (Å²) in [4.78, 5) is 27.9. The van der Waals surface area contributed by atoms with Crippen LogP contribution in [0.1, 0.15) is 54.8 Å². The number of hydrogen-bond acceptors (Lipinski definition) is 8. The second kappa shape index (κ2) is 15.9. The summed E-state index contributed by atoms with van der Waals surface area (Å²) in [7, 11) is 0. The summed E-state index contributed by atoms with van der Waals surface area (Å²) in [6, 6.07) is 34.9. The number of oxazole rings is 1. The summed E-state index contributed by atoms with van der Waals surface area (Å²) in [5.74, 6) is 0.118. The number of aliphatic hydroxyl groups excluding tert-OH is 1. The Morgan fingerprint density at radius 1 is 0.812 bits per heavy atom. The van der Waals surface area contributed by atoms with Crippen LogP contribution in [-0.4, -0.2) is 38.9 Å². The highest BCUT2D eigenvalue weighted by atomic mass is 32.2. The van der Waals surface area contributed by atoms with E-state index in [1.54, 1.807) is 12.1 Å². The van der Waals surface area contributed by atoms with E-state index in [4.69, 9.17) is 24.0 Å². The number of hydrogen-bond donors (Lipinski definition) is 3. The Kier molecular flexibility index (Phi) is 11.0. The number of amides is 1. The average Bonchev–Trinajstić information content (AvgIpc) is 3.56. The van der Waals surface area contributed by atoms with E-state index in [1.165, 1.54) is 11.8 Å². The van der Waals surface area contributed by atoms with Gasteiger partial charge in [0.25, 0.3) is 5.22 Å². The van der Waals surface area contributed by atoms with Gasteiger partial charge in [0.15, 0.2) is 12.1 Å². The molecule has 1 fully saturated rings. The van der Waals surface area contributed by atoms with Crippen LogP contribution in [0.2, 0.25) is 0 Å². The number of aliphatic hydroxyl groups is 1. The number of carbonyl (C=O) groups is 2. The Morgan fingerprint density at radius 2 is 1.48 bits per heavy atom. The molecule has 3 N–H and O–H groups in total. The largest absolute Gasteiger partial charge is 0.481 e. The molecule has 1 aliphatic heterocycles. The van der Waals surface area contributed by atoms with Gasteiger partial charge >= 0.3 is 5.97 Å². The van der Waals surface area contributed by atoms with E-state index in [2.05, 4.69) is 5.32 Å². The maximum atomic E-state index is 12.3. The summed E-state index contributed by atoms with van der Waals surface area (Å²) in [5.41, 5.74) is 5.90. The molecular formula is C38H36N2O7S. The van der Waals surface area contributed by atoms with Crippen LogP contribution in [0.25, 0.3) is 22.6 Å². The summed E-state index contributed by atoms with van der Waals surface area (Å²) < 4.78 is 19.3. The quantitative estimate of drug-likeness (QED) is 0.107. The molecule has 0 radical (unpaired) electrons. The van der Waals surface area contributed by atoms with Gasteiger partial charge in [0, 0.05) is 47.4 Å². The Morgan fingerprint density at radius 3 is 2.15 bits per heavy atom. The first-order chi connectivity index (χ1) is 23.4. The van der Waals surface area contributed by atoms with Gasteiger partial charge in [0.1, 0.15) is 5.69 Å². The first kappa shape index (κ1) is 33.2. The van der Waals surface area contributed by atoms with Crippen LogP contribution in [-0.2, 0) is 25.7 Å². The van der Waals surface area contributed by atoms with Gasteiger partial charge in [-0.2, -0.15) is 0 Å². The minimum absolute atomic E-state index is 0.0364. The van der Waals surface area contributed by atoms with Gasteiger partial charge in [0.2, 0.25) is 5.91 Å². The molecular weight excluding hydrogens is 628 g/mol. The molecule has 3 atom stereocenters. The van der Waals surface area contributed by atoms with Crippen molar-refractivity contribution < 1.29 is 33.7 Å². The van der Waals surface area contributed by atoms with Gasteiger partial charge in [-0.3, -0.25) is 9.59 Å². The maximum absolute atomic E-state index is 12.3. The highest BCUT2D eigenvalue weighted by Gasteiger charge is 2.33. The summed E-state index contributed by atoms with van der Waals surface area (Å²) in [5, 5.41) is 21.7. The van der Waals surface area contributed by atoms with E-state index < -0.39 is 12.3 Å². The molecule has 1 saturated heterocycles. The van der Waals surface area contributed by atoms with Gasteiger partial charge < -0.3 is 29.4 Å². The third-order valence-electron chi connectivity index (χ3n) is 7.96. The molecule has 4 aromatic carbocycles. The summed E-state index contributed by atoms with van der Waals surface area (Å²) >= 11 is 1.49. The molecule has 1 aliphatic rings. The highest BCUT2D eigenvalue weighted by molar-refractivity contribution is 7.99. The van der Waals surface area contributed by atoms with Crippen LogP contribution >= 0.6 is 11.8 Å². The summed E-state index contributed by atoms with van der Waals surface area (Å²) in [6.07, 6.45) is -0.191. The molecule has 0 spiro atoms. The lowest BCUT2D eigenvalue weighted by Gasteiger charge is -2.36. The van der Waals surface area contributed by atoms with E-state index in [1.807, 2.05) is 97.1 Å². The van der Waals surface area contributed by atoms with Crippen LogP contribution in [0.5, 0.6) is 0 Å². The molecule has 0 aliphatic carbocycles. The molecule has 2 heterocycles. The van der Waals surface area contributed by atoms with Crippen LogP contribution in [0.15, 0.2) is 119 Å². The van der Waals surface area contributed by atoms with Crippen molar-refractivity contribution in [2.75, 3.05) is 11.1 Å². The Hall–Kier alpha value is -4.74. The molecule has 1 aromatic heterocycles. The van der Waals surface area contributed by atoms with Crippen LogP contribution < -0.4 is 5.32 Å². The van der Waals surface area contributed by atoms with Crippen molar-refractivity contribution in [2.45, 2.75) is 56.0 Å². The van der Waals surface area contributed by atoms with Gasteiger partial charge in [0.05, 0.1) is 18.8 Å². The van der Waals surface area contributed by atoms with Crippen molar-refractivity contribution in [3.05, 3.63) is 126 Å². The van der Waals surface area contributed by atoms with Gasteiger partial charge in [-0.1, -0.05) is 109 Å². The predicted molar refractivity (Wildman–Crippen MR) is 183 cm³/mol. The van der Waals surface area contributed by atoms with E-state index in [0.29, 0.717) is 28.8 Å². The third-order valence-corrected chi connectivity index (χ3v) is 8.92. The lowest BCUT2D eigenvalue weighted by Crippen LogP contribution is -2.31. The van der Waals surface area contributed by atoms with Gasteiger partial charge in [-0.05, 0) is 29.7 Å². The normalized spacial score (nSPS) is 17.6. The molecule has 0 saturated carbocycles. The van der Waals surface area contributed by atoms with Crippen molar-refractivity contribution in [3.8, 4) is 22.6 Å². The molecule has 1 amide bonds. The maximum Gasteiger partial charge on any atom is 0.303 e. The van der Waals surface area contributed by atoms with Crippen molar-refractivity contribution >= 4 is 29.3 Å². The van der Waals surface area contributed by atoms with E-state index in [-0.39, 0.29) is 44.0 Å². The standard InChI is InChI=1S/C38H36N2O7S/c41-23-25-14-16-26(17-15-25)32-22-31(45-37(46-32)29-18-20-30(21-19-29)39-33(42)12-7-13-34(43)44)24-48-38-40-35(27-8-3-1-4-9-27)36(47-38)28-10-5-2-6-11-28/h1-6,8-11,14-21,31-32,37,41H,7,12-13,22-24H2,(H,39,42)(H,43,44)/t31-,32+,37+/m1/s1. The zero-order valence-electron chi connectivity index (χ0n) is 26.2. The van der Waals surface area contributed by atoms with Crippen LogP contribution in [0, 0.1) is 0 Å². The molecule has 0 unspecified atom stereocenters. The minimum Gasteiger partial charge on any atom is -0.481 e. The fraction of sp³-hybridized carbons (Fsp3) is 0.237. The van der Waals surface area contributed by atoms with Gasteiger partial charge in [-0.15, -0.1) is 0 Å². The highest BCUT2D eigenvalue weighted by Crippen LogP contribution is 2.41. The zero-order chi connectivity index (χ0) is 33.3. The van der Waals surface area contributed by atoms with E-state index >= 15 is 0 Å². The lowest BCUT2D eigenvalue weighted by atomic mass is 10.0. The molecule has 246 valence electrons. The molecule has 5 aromatic rings. The number of nitrogens with one attached hydrogen (secondary N) is 1. The SMILES string of the molecule is O=C(O)CCCC(=O)Nc1ccc([C@H]2O[C@@H](CSc3nc(-c4ccccc4)c(-c4ccccc4)o3)C[C@@H](c3ccc(CO)cc3)O2)cc1. The first-order valence-corrected chi connectivity index (χ1v) is 16.8. The number of carbonyl (C=O) groups excluding carboxylic acids is 1. The topological polar surface area (TPSA) is 131 Å². The van der Waals surface area contributed by atoms with Crippen molar-refractivity contribution in [1.29, 1.82) is 0 Å². The second-order valence-corrected chi connectivity index (χ2v) is 12.4. The van der Waals surface area contributed by atoms with Crippen molar-refractivity contribution in [1.82, 2.24) is 4.98 Å². The number of ether oxygens (including phenoxy) is 2. The Labute approximate surface area is 282 Å². The van der Waals surface area contributed by atoms with Crippen molar-refractivity contribution in [2.24, 2.45) is 0 Å². The first-order valence-electron chi connectivity index (χ1n) is 15.8. The second-order valence-electron chi connectivity index (χ2n) is 11.5. The fourth-order valence-electron chi connectivity index (χ4n) is 5.47. The fourth-order valence-corrected chi connectivity index (χ4v) is 6.31. The third kappa shape index (κ3) is 8.59. The number of carboxylic acids is 1. The van der Waals surface area contributed by atoms with Crippen LogP contribution in [0.4, 0.5) is 5.69 Å². The molecule has 6 rings (SSSR count). The monoisotopic (exact) mass is 664 g/mol. The molecule has 9 nitrogen and oxygen atoms in total. The predicted octanol–water partition coefficient (Wildman–Crippen LogP) is 8.03. The minimum atomic E-state index is -0.923. The number of anilines is 1. The number of benzene rings is 4. The smallest absolute Gasteiger partial charge is 0.303 e. The van der Waals surface area contributed by atoms with Crippen LogP contribution in [0.3, 0.4) is 0 Å². The average molecular weight is 665 g/mol. The zero-order valence-corrected chi connectivity index (χ0v) is 27.0. The number of thioether (sulfide) groups is 1. The number of aliphatic carboxylic acids is 1. The number of aromatic nitrogens is 1. The molecule has 0 bridgehead atoms. The van der Waals surface area contributed by atoms with E-state index in [9.17, 15) is 14.7 Å². The number of rotatable bonds is 13. The lowest BCUT2D eigenvalue weighted by molar-refractivity contribution is -0.245. The van der Waals surface area contributed by atoms with Gasteiger partial charge in [-0.25, -0.2) is 4.98 Å². The Balaban J connectivity index is 1.19. The Bertz CT molecular complexity index is 1740. The molecule has 48 heavy (non-hydrogen) atoms.